The first-order valence-electron chi connectivity index (χ1n) is 7.41. The number of aliphatic hydroxyl groups is 1. The van der Waals surface area contributed by atoms with Gasteiger partial charge in [-0.3, -0.25) is 0 Å². The van der Waals surface area contributed by atoms with E-state index in [1.807, 2.05) is 31.2 Å². The Hall–Kier alpha value is -1.55. The molecule has 1 aromatic carbocycles. The van der Waals surface area contributed by atoms with Gasteiger partial charge >= 0.3 is 6.03 Å². The number of anilines is 1. The van der Waals surface area contributed by atoms with E-state index in [1.54, 1.807) is 0 Å². The second-order valence-electron chi connectivity index (χ2n) is 5.82. The number of hydrogen-bond donors (Lipinski definition) is 3. The highest BCUT2D eigenvalue weighted by Crippen LogP contribution is 2.26. The number of aryl methyl sites for hydroxylation is 1. The van der Waals surface area contributed by atoms with Gasteiger partial charge in [-0.2, -0.15) is 0 Å². The fraction of sp³-hybridized carbons (Fsp3) is 0.562. The first-order valence-corrected chi connectivity index (χ1v) is 7.41. The molecule has 1 aliphatic carbocycles. The predicted octanol–water partition coefficient (Wildman–Crippen LogP) is 3.20. The summed E-state index contributed by atoms with van der Waals surface area (Å²) in [4.78, 5) is 11.9. The van der Waals surface area contributed by atoms with Crippen molar-refractivity contribution in [1.82, 2.24) is 5.32 Å². The van der Waals surface area contributed by atoms with Crippen LogP contribution in [0.2, 0.25) is 0 Å². The average molecular weight is 276 g/mol. The van der Waals surface area contributed by atoms with Gasteiger partial charge in [0.25, 0.3) is 0 Å². The van der Waals surface area contributed by atoms with E-state index in [1.165, 1.54) is 12.8 Å². The Labute approximate surface area is 120 Å². The van der Waals surface area contributed by atoms with Gasteiger partial charge in [0.1, 0.15) is 0 Å². The minimum Gasteiger partial charge on any atom is -0.388 e. The molecule has 1 aliphatic rings. The summed E-state index contributed by atoms with van der Waals surface area (Å²) in [6, 6.07) is 7.40. The van der Waals surface area contributed by atoms with Crippen molar-refractivity contribution in [3.8, 4) is 0 Å². The quantitative estimate of drug-likeness (QED) is 0.742. The number of carbonyl (C=O) groups excluding carboxylic acids is 1. The molecule has 0 radical (unpaired) electrons. The molecule has 2 rings (SSSR count). The van der Waals surface area contributed by atoms with Crippen molar-refractivity contribution < 1.29 is 9.90 Å². The molecule has 2 amide bonds. The highest BCUT2D eigenvalue weighted by molar-refractivity contribution is 5.89. The molecule has 3 N–H and O–H groups in total. The first kappa shape index (κ1) is 14.9. The zero-order chi connectivity index (χ0) is 14.4. The van der Waals surface area contributed by atoms with Gasteiger partial charge in [0.15, 0.2) is 0 Å². The molecule has 1 fully saturated rings. The summed E-state index contributed by atoms with van der Waals surface area (Å²) in [5.41, 5.74) is 1.14. The van der Waals surface area contributed by atoms with Crippen LogP contribution >= 0.6 is 0 Å². The van der Waals surface area contributed by atoms with Gasteiger partial charge in [0.2, 0.25) is 0 Å². The number of urea groups is 1. The van der Waals surface area contributed by atoms with Crippen molar-refractivity contribution >= 4 is 11.7 Å². The summed E-state index contributed by atoms with van der Waals surface area (Å²) >= 11 is 0. The highest BCUT2D eigenvalue weighted by Gasteiger charge is 2.28. The Kier molecular flexibility index (Phi) is 5.01. The molecule has 0 saturated heterocycles. The molecule has 4 nitrogen and oxygen atoms in total. The largest absolute Gasteiger partial charge is 0.388 e. The fourth-order valence-electron chi connectivity index (χ4n) is 2.71. The molecule has 0 unspecified atom stereocenters. The number of nitrogens with one attached hydrogen (secondary N) is 2. The first-order chi connectivity index (χ1) is 9.57. The molecule has 1 saturated carbocycles. The monoisotopic (exact) mass is 276 g/mol. The molecular formula is C16H24N2O2. The molecule has 0 aliphatic heterocycles. The van der Waals surface area contributed by atoms with Gasteiger partial charge in [-0.25, -0.2) is 4.79 Å². The van der Waals surface area contributed by atoms with Crippen LogP contribution in [-0.4, -0.2) is 23.3 Å². The Morgan fingerprint density at radius 1 is 1.25 bits per heavy atom. The van der Waals surface area contributed by atoms with E-state index in [0.717, 1.165) is 36.9 Å². The van der Waals surface area contributed by atoms with E-state index in [-0.39, 0.29) is 6.03 Å². The van der Waals surface area contributed by atoms with Crippen molar-refractivity contribution in [3.05, 3.63) is 29.8 Å². The molecule has 0 heterocycles. The molecule has 0 spiro atoms. The maximum absolute atomic E-state index is 11.9. The van der Waals surface area contributed by atoms with E-state index >= 15 is 0 Å². The van der Waals surface area contributed by atoms with Gasteiger partial charge in [0, 0.05) is 12.2 Å². The van der Waals surface area contributed by atoms with E-state index in [4.69, 9.17) is 0 Å². The second kappa shape index (κ2) is 6.75. The van der Waals surface area contributed by atoms with Crippen molar-refractivity contribution in [1.29, 1.82) is 0 Å². The average Bonchev–Trinajstić information content (AvgIpc) is 2.62. The van der Waals surface area contributed by atoms with Crippen LogP contribution in [0.25, 0.3) is 0 Å². The maximum atomic E-state index is 11.9. The number of amides is 2. The lowest BCUT2D eigenvalue weighted by Gasteiger charge is -2.26. The third-order valence-corrected chi connectivity index (χ3v) is 3.89. The zero-order valence-corrected chi connectivity index (χ0v) is 12.1. The van der Waals surface area contributed by atoms with Crippen LogP contribution in [0.3, 0.4) is 0 Å². The van der Waals surface area contributed by atoms with Crippen molar-refractivity contribution in [3.63, 3.8) is 0 Å². The third-order valence-electron chi connectivity index (χ3n) is 3.89. The van der Waals surface area contributed by atoms with Crippen LogP contribution in [0.1, 0.15) is 44.1 Å². The smallest absolute Gasteiger partial charge is 0.319 e. The summed E-state index contributed by atoms with van der Waals surface area (Å²) in [6.45, 7) is 2.31. The fourth-order valence-corrected chi connectivity index (χ4v) is 2.71. The van der Waals surface area contributed by atoms with Gasteiger partial charge in [-0.15, -0.1) is 0 Å². The van der Waals surface area contributed by atoms with E-state index < -0.39 is 5.60 Å². The number of hydrogen-bond acceptors (Lipinski definition) is 2. The predicted molar refractivity (Wildman–Crippen MR) is 80.9 cm³/mol. The lowest BCUT2D eigenvalue weighted by Crippen LogP contribution is -2.44. The van der Waals surface area contributed by atoms with Crippen molar-refractivity contribution in [2.45, 2.75) is 51.0 Å². The molecule has 0 bridgehead atoms. The Balaban J connectivity index is 1.82. The molecule has 0 aromatic heterocycles. The number of rotatable bonds is 3. The normalized spacial score (nSPS) is 18.1. The van der Waals surface area contributed by atoms with Crippen LogP contribution < -0.4 is 10.6 Å². The summed E-state index contributed by atoms with van der Waals surface area (Å²) in [5, 5.41) is 16.1. The van der Waals surface area contributed by atoms with Crippen LogP contribution in [0.4, 0.5) is 10.5 Å². The Bertz CT molecular complexity index is 452. The SMILES string of the molecule is Cc1cccc(NC(=O)NCC2(O)CCCCCC2)c1. The summed E-state index contributed by atoms with van der Waals surface area (Å²) < 4.78 is 0. The van der Waals surface area contributed by atoms with E-state index in [9.17, 15) is 9.90 Å². The minimum absolute atomic E-state index is 0.256. The Morgan fingerprint density at radius 2 is 1.95 bits per heavy atom. The van der Waals surface area contributed by atoms with Crippen molar-refractivity contribution in [2.24, 2.45) is 0 Å². The Morgan fingerprint density at radius 3 is 2.60 bits per heavy atom. The number of benzene rings is 1. The van der Waals surface area contributed by atoms with Gasteiger partial charge in [-0.05, 0) is 37.5 Å². The maximum Gasteiger partial charge on any atom is 0.319 e. The summed E-state index contributed by atoms with van der Waals surface area (Å²) in [5.74, 6) is 0. The van der Waals surface area contributed by atoms with Crippen LogP contribution in [0.5, 0.6) is 0 Å². The van der Waals surface area contributed by atoms with Gasteiger partial charge < -0.3 is 15.7 Å². The number of carbonyl (C=O) groups is 1. The van der Waals surface area contributed by atoms with E-state index in [0.29, 0.717) is 6.54 Å². The van der Waals surface area contributed by atoms with Crippen LogP contribution in [0.15, 0.2) is 24.3 Å². The topological polar surface area (TPSA) is 61.4 Å². The molecular weight excluding hydrogens is 252 g/mol. The van der Waals surface area contributed by atoms with Crippen molar-refractivity contribution in [2.75, 3.05) is 11.9 Å². The third kappa shape index (κ3) is 4.53. The standard InChI is InChI=1S/C16H24N2O2/c1-13-7-6-8-14(11-13)18-15(19)17-12-16(20)9-4-2-3-5-10-16/h6-8,11,20H,2-5,9-10,12H2,1H3,(H2,17,18,19). The minimum atomic E-state index is -0.736. The lowest BCUT2D eigenvalue weighted by atomic mass is 9.95. The van der Waals surface area contributed by atoms with Crippen LogP contribution in [0, 0.1) is 6.92 Å². The zero-order valence-electron chi connectivity index (χ0n) is 12.1. The molecule has 110 valence electrons. The molecule has 20 heavy (non-hydrogen) atoms. The second-order valence-corrected chi connectivity index (χ2v) is 5.82. The molecule has 4 heteroatoms. The lowest BCUT2D eigenvalue weighted by molar-refractivity contribution is 0.0281. The van der Waals surface area contributed by atoms with Gasteiger partial charge in [-0.1, -0.05) is 37.8 Å². The van der Waals surface area contributed by atoms with Crippen LogP contribution in [-0.2, 0) is 0 Å². The molecule has 0 atom stereocenters. The molecule has 1 aromatic rings. The van der Waals surface area contributed by atoms with E-state index in [2.05, 4.69) is 10.6 Å². The van der Waals surface area contributed by atoms with Gasteiger partial charge in [0.05, 0.1) is 5.60 Å². The summed E-state index contributed by atoms with van der Waals surface area (Å²) in [6.07, 6.45) is 5.99. The summed E-state index contributed by atoms with van der Waals surface area (Å²) in [7, 11) is 0. The highest BCUT2D eigenvalue weighted by atomic mass is 16.3.